The van der Waals surface area contributed by atoms with Gasteiger partial charge < -0.3 is 5.11 Å². The molecule has 1 unspecified atom stereocenters. The van der Waals surface area contributed by atoms with Gasteiger partial charge in [0.15, 0.2) is 0 Å². The fraction of sp³-hybridized carbons (Fsp3) is 0.833. The third-order valence-electron chi connectivity index (χ3n) is 2.92. The summed E-state index contributed by atoms with van der Waals surface area (Å²) < 4.78 is 13.6. The van der Waals surface area contributed by atoms with Crippen LogP contribution >= 0.6 is 0 Å². The summed E-state index contributed by atoms with van der Waals surface area (Å²) in [7, 11) is 0. The van der Waals surface area contributed by atoms with E-state index in [1.165, 1.54) is 6.42 Å². The largest absolute Gasteiger partial charge is 0.386 e. The first-order chi connectivity index (χ1) is 6.75. The quantitative estimate of drug-likeness (QED) is 0.733. The lowest BCUT2D eigenvalue weighted by atomic mass is 9.92. The number of hydrogen-bond donors (Lipinski definition) is 1. The number of halogens is 1. The zero-order valence-electron chi connectivity index (χ0n) is 9.06. The highest BCUT2D eigenvalue weighted by molar-refractivity contribution is 5.13. The molecule has 0 saturated heterocycles. The van der Waals surface area contributed by atoms with Crippen molar-refractivity contribution in [1.82, 2.24) is 0 Å². The highest BCUT2D eigenvalue weighted by Crippen LogP contribution is 2.28. The van der Waals surface area contributed by atoms with E-state index in [2.05, 4.69) is 6.92 Å². The van der Waals surface area contributed by atoms with Crippen molar-refractivity contribution in [2.45, 2.75) is 64.4 Å². The van der Waals surface area contributed by atoms with Crippen LogP contribution in [0.3, 0.4) is 0 Å². The van der Waals surface area contributed by atoms with Gasteiger partial charge in [0.05, 0.1) is 0 Å². The van der Waals surface area contributed by atoms with Crippen molar-refractivity contribution >= 4 is 0 Å². The normalized spacial score (nSPS) is 19.5. The number of aliphatic hydroxyl groups is 1. The molecular formula is C12H21FO. The molecule has 1 aliphatic rings. The lowest BCUT2D eigenvalue weighted by molar-refractivity contribution is 0.166. The minimum Gasteiger partial charge on any atom is -0.386 e. The van der Waals surface area contributed by atoms with Crippen molar-refractivity contribution in [1.29, 1.82) is 0 Å². The third kappa shape index (κ3) is 3.41. The summed E-state index contributed by atoms with van der Waals surface area (Å²) in [6, 6.07) is 0. The predicted molar refractivity (Wildman–Crippen MR) is 56.8 cm³/mol. The second-order valence-corrected chi connectivity index (χ2v) is 4.17. The molecule has 0 heterocycles. The number of allylic oxidation sites excluding steroid dienone is 1. The van der Waals surface area contributed by atoms with Gasteiger partial charge in [0.2, 0.25) is 0 Å². The van der Waals surface area contributed by atoms with Crippen LogP contribution in [0.2, 0.25) is 0 Å². The van der Waals surface area contributed by atoms with Gasteiger partial charge in [-0.3, -0.25) is 0 Å². The Balaban J connectivity index is 2.46. The second kappa shape index (κ2) is 6.18. The summed E-state index contributed by atoms with van der Waals surface area (Å²) in [5.41, 5.74) is 0.875. The predicted octanol–water partition coefficient (Wildman–Crippen LogP) is 3.73. The van der Waals surface area contributed by atoms with E-state index in [1.807, 2.05) is 0 Å². The van der Waals surface area contributed by atoms with Crippen molar-refractivity contribution in [3.05, 3.63) is 11.4 Å². The molecule has 0 aromatic carbocycles. The van der Waals surface area contributed by atoms with Crippen LogP contribution in [-0.4, -0.2) is 11.2 Å². The van der Waals surface area contributed by atoms with Gasteiger partial charge in [0.25, 0.3) is 0 Å². The SMILES string of the molecule is CCCCC(O)C(F)=C1CCCCC1. The maximum atomic E-state index is 13.6. The molecule has 82 valence electrons. The molecule has 14 heavy (non-hydrogen) atoms. The molecule has 0 amide bonds. The Bertz CT molecular complexity index is 190. The van der Waals surface area contributed by atoms with Crippen LogP contribution < -0.4 is 0 Å². The first kappa shape index (κ1) is 11.7. The number of hydrogen-bond acceptors (Lipinski definition) is 1. The van der Waals surface area contributed by atoms with E-state index >= 15 is 0 Å². The monoisotopic (exact) mass is 200 g/mol. The van der Waals surface area contributed by atoms with Crippen LogP contribution in [0.25, 0.3) is 0 Å². The minimum absolute atomic E-state index is 0.224. The molecule has 0 bridgehead atoms. The zero-order valence-corrected chi connectivity index (χ0v) is 9.06. The Morgan fingerprint density at radius 1 is 1.36 bits per heavy atom. The number of unbranched alkanes of at least 4 members (excludes halogenated alkanes) is 1. The van der Waals surface area contributed by atoms with Crippen molar-refractivity contribution in [3.8, 4) is 0 Å². The van der Waals surface area contributed by atoms with Gasteiger partial charge in [-0.25, -0.2) is 4.39 Å². The first-order valence-corrected chi connectivity index (χ1v) is 5.81. The topological polar surface area (TPSA) is 20.2 Å². The van der Waals surface area contributed by atoms with E-state index in [0.29, 0.717) is 6.42 Å². The van der Waals surface area contributed by atoms with Gasteiger partial charge in [0.1, 0.15) is 11.9 Å². The standard InChI is InChI=1S/C12H21FO/c1-2-3-9-11(14)12(13)10-7-5-4-6-8-10/h11,14H,2-9H2,1H3. The van der Waals surface area contributed by atoms with E-state index in [0.717, 1.165) is 44.1 Å². The van der Waals surface area contributed by atoms with Crippen molar-refractivity contribution in [2.75, 3.05) is 0 Å². The molecule has 0 aromatic heterocycles. The summed E-state index contributed by atoms with van der Waals surface area (Å²) >= 11 is 0. The van der Waals surface area contributed by atoms with Crippen LogP contribution in [-0.2, 0) is 0 Å². The average Bonchev–Trinajstić information content (AvgIpc) is 2.26. The molecule has 1 nitrogen and oxygen atoms in total. The van der Waals surface area contributed by atoms with Gasteiger partial charge in [-0.15, -0.1) is 0 Å². The zero-order chi connectivity index (χ0) is 10.4. The Kier molecular flexibility index (Phi) is 5.16. The molecule has 1 rings (SSSR count). The van der Waals surface area contributed by atoms with E-state index in [1.54, 1.807) is 0 Å². The van der Waals surface area contributed by atoms with Crippen LogP contribution in [0.1, 0.15) is 58.3 Å². The molecule has 1 atom stereocenters. The highest BCUT2D eigenvalue weighted by atomic mass is 19.1. The Labute approximate surface area is 86.0 Å². The van der Waals surface area contributed by atoms with Crippen LogP contribution in [0.5, 0.6) is 0 Å². The van der Waals surface area contributed by atoms with E-state index < -0.39 is 6.10 Å². The van der Waals surface area contributed by atoms with Crippen LogP contribution in [0.4, 0.5) is 4.39 Å². The molecule has 0 radical (unpaired) electrons. The van der Waals surface area contributed by atoms with Gasteiger partial charge in [0, 0.05) is 0 Å². The third-order valence-corrected chi connectivity index (χ3v) is 2.92. The molecule has 0 aliphatic heterocycles. The molecule has 0 spiro atoms. The molecule has 1 saturated carbocycles. The summed E-state index contributed by atoms with van der Waals surface area (Å²) in [4.78, 5) is 0. The molecule has 2 heteroatoms. The average molecular weight is 200 g/mol. The first-order valence-electron chi connectivity index (χ1n) is 5.81. The Hall–Kier alpha value is -0.370. The minimum atomic E-state index is -0.831. The molecule has 1 N–H and O–H groups in total. The number of rotatable bonds is 4. The second-order valence-electron chi connectivity index (χ2n) is 4.17. The maximum Gasteiger partial charge on any atom is 0.128 e. The summed E-state index contributed by atoms with van der Waals surface area (Å²) in [6.45, 7) is 2.05. The van der Waals surface area contributed by atoms with Gasteiger partial charge >= 0.3 is 0 Å². The molecular weight excluding hydrogens is 179 g/mol. The smallest absolute Gasteiger partial charge is 0.128 e. The summed E-state index contributed by atoms with van der Waals surface area (Å²) in [5, 5.41) is 9.57. The van der Waals surface area contributed by atoms with Gasteiger partial charge in [-0.05, 0) is 37.7 Å². The lowest BCUT2D eigenvalue weighted by Gasteiger charge is -2.17. The molecule has 0 aromatic rings. The fourth-order valence-corrected chi connectivity index (χ4v) is 1.98. The lowest BCUT2D eigenvalue weighted by Crippen LogP contribution is -2.11. The van der Waals surface area contributed by atoms with Gasteiger partial charge in [-0.2, -0.15) is 0 Å². The summed E-state index contributed by atoms with van der Waals surface area (Å²) in [5.74, 6) is -0.224. The fourth-order valence-electron chi connectivity index (χ4n) is 1.98. The molecule has 1 aliphatic carbocycles. The maximum absolute atomic E-state index is 13.6. The van der Waals surface area contributed by atoms with E-state index in [9.17, 15) is 9.50 Å². The molecule has 1 fully saturated rings. The van der Waals surface area contributed by atoms with Crippen molar-refractivity contribution < 1.29 is 9.50 Å². The summed E-state index contributed by atoms with van der Waals surface area (Å²) in [6.07, 6.45) is 6.76. The Morgan fingerprint density at radius 2 is 2.00 bits per heavy atom. The Morgan fingerprint density at radius 3 is 2.57 bits per heavy atom. The van der Waals surface area contributed by atoms with Crippen molar-refractivity contribution in [2.24, 2.45) is 0 Å². The number of aliphatic hydroxyl groups excluding tert-OH is 1. The van der Waals surface area contributed by atoms with Crippen LogP contribution in [0, 0.1) is 0 Å². The van der Waals surface area contributed by atoms with Crippen molar-refractivity contribution in [3.63, 3.8) is 0 Å². The highest BCUT2D eigenvalue weighted by Gasteiger charge is 2.17. The van der Waals surface area contributed by atoms with E-state index in [4.69, 9.17) is 0 Å². The van der Waals surface area contributed by atoms with Gasteiger partial charge in [-0.1, -0.05) is 26.2 Å². The van der Waals surface area contributed by atoms with Crippen LogP contribution in [0.15, 0.2) is 11.4 Å². The van der Waals surface area contributed by atoms with E-state index in [-0.39, 0.29) is 5.83 Å².